The molecule has 1 saturated carbocycles. The summed E-state index contributed by atoms with van der Waals surface area (Å²) in [5, 5.41) is 0.376. The lowest BCUT2D eigenvalue weighted by Gasteiger charge is -2.44. The Morgan fingerprint density at radius 2 is 1.80 bits per heavy atom. The second kappa shape index (κ2) is 6.48. The lowest BCUT2D eigenvalue weighted by Crippen LogP contribution is -2.54. The molecule has 4 nitrogen and oxygen atoms in total. The predicted molar refractivity (Wildman–Crippen MR) is 98.5 cm³/mol. The van der Waals surface area contributed by atoms with Gasteiger partial charge >= 0.3 is 5.37 Å². The Balaban J connectivity index is 1.55. The van der Waals surface area contributed by atoms with Crippen LogP contribution in [0.5, 0.6) is 0 Å². The number of benzene rings is 1. The van der Waals surface area contributed by atoms with Gasteiger partial charge in [-0.3, -0.25) is 9.59 Å². The van der Waals surface area contributed by atoms with Crippen LogP contribution in [0.1, 0.15) is 60.4 Å². The fourth-order valence-corrected chi connectivity index (χ4v) is 4.85. The van der Waals surface area contributed by atoms with Crippen LogP contribution in [0, 0.1) is 0 Å². The molecule has 2 amide bonds. The average molecular weight is 381 g/mol. The SMILES string of the molecule is O=C(Cl)N1CCC2(CCCN2C(=O)c2ccc(Cl)c(C3CC3)c2)CC1. The second-order valence-electron chi connectivity index (χ2n) is 7.54. The number of hydrogen-bond donors (Lipinski definition) is 0. The normalized spacial score (nSPS) is 22.5. The van der Waals surface area contributed by atoms with Gasteiger partial charge in [0.25, 0.3) is 5.91 Å². The molecule has 1 aliphatic carbocycles. The van der Waals surface area contributed by atoms with Crippen LogP contribution in [0.4, 0.5) is 4.79 Å². The molecule has 3 aliphatic rings. The average Bonchev–Trinajstić information content (AvgIpc) is 3.37. The number of carbonyl (C=O) groups is 2. The summed E-state index contributed by atoms with van der Waals surface area (Å²) >= 11 is 11.9. The van der Waals surface area contributed by atoms with E-state index >= 15 is 0 Å². The van der Waals surface area contributed by atoms with Crippen LogP contribution < -0.4 is 0 Å². The molecule has 2 heterocycles. The van der Waals surface area contributed by atoms with Gasteiger partial charge in [-0.1, -0.05) is 11.6 Å². The zero-order chi connectivity index (χ0) is 17.6. The zero-order valence-electron chi connectivity index (χ0n) is 14.1. The molecule has 1 aromatic rings. The Labute approximate surface area is 158 Å². The molecule has 1 aromatic carbocycles. The van der Waals surface area contributed by atoms with E-state index < -0.39 is 5.37 Å². The summed E-state index contributed by atoms with van der Waals surface area (Å²) < 4.78 is 0. The van der Waals surface area contributed by atoms with E-state index in [1.807, 2.05) is 23.1 Å². The number of halogens is 2. The van der Waals surface area contributed by atoms with Gasteiger partial charge in [0, 0.05) is 35.8 Å². The summed E-state index contributed by atoms with van der Waals surface area (Å²) in [5.74, 6) is 0.618. The molecule has 4 rings (SSSR count). The Kier molecular flexibility index (Phi) is 4.45. The Morgan fingerprint density at radius 3 is 2.44 bits per heavy atom. The summed E-state index contributed by atoms with van der Waals surface area (Å²) in [6.07, 6.45) is 5.96. The fourth-order valence-electron chi connectivity index (χ4n) is 4.41. The van der Waals surface area contributed by atoms with Gasteiger partial charge in [-0.05, 0) is 79.8 Å². The van der Waals surface area contributed by atoms with Crippen molar-refractivity contribution in [2.24, 2.45) is 0 Å². The molecule has 25 heavy (non-hydrogen) atoms. The van der Waals surface area contributed by atoms with Crippen LogP contribution in [-0.4, -0.2) is 46.2 Å². The van der Waals surface area contributed by atoms with E-state index in [-0.39, 0.29) is 11.4 Å². The van der Waals surface area contributed by atoms with E-state index in [0.717, 1.165) is 61.2 Å². The summed E-state index contributed by atoms with van der Waals surface area (Å²) in [5.41, 5.74) is 1.73. The van der Waals surface area contributed by atoms with Crippen molar-refractivity contribution in [3.63, 3.8) is 0 Å². The number of nitrogens with zero attached hydrogens (tertiary/aromatic N) is 2. The van der Waals surface area contributed by atoms with E-state index in [0.29, 0.717) is 19.0 Å². The van der Waals surface area contributed by atoms with Gasteiger partial charge in [-0.25, -0.2) is 0 Å². The minimum Gasteiger partial charge on any atom is -0.333 e. The van der Waals surface area contributed by atoms with Crippen molar-refractivity contribution < 1.29 is 9.59 Å². The number of rotatable bonds is 2. The molecule has 3 fully saturated rings. The molecule has 0 radical (unpaired) electrons. The molecule has 134 valence electrons. The van der Waals surface area contributed by atoms with E-state index in [4.69, 9.17) is 23.2 Å². The Hall–Kier alpha value is -1.26. The van der Waals surface area contributed by atoms with Crippen molar-refractivity contribution >= 4 is 34.5 Å². The monoisotopic (exact) mass is 380 g/mol. The summed E-state index contributed by atoms with van der Waals surface area (Å²) in [6, 6.07) is 5.70. The van der Waals surface area contributed by atoms with Crippen LogP contribution in [-0.2, 0) is 0 Å². The van der Waals surface area contributed by atoms with Gasteiger partial charge in [0.2, 0.25) is 0 Å². The van der Waals surface area contributed by atoms with Gasteiger partial charge in [-0.15, -0.1) is 0 Å². The van der Waals surface area contributed by atoms with Gasteiger partial charge in [0.15, 0.2) is 0 Å². The highest BCUT2D eigenvalue weighted by Crippen LogP contribution is 2.44. The van der Waals surface area contributed by atoms with Crippen LogP contribution in [0.25, 0.3) is 0 Å². The maximum absolute atomic E-state index is 13.2. The Bertz CT molecular complexity index is 709. The minimum atomic E-state index is -0.391. The molecule has 0 unspecified atom stereocenters. The largest absolute Gasteiger partial charge is 0.333 e. The second-order valence-corrected chi connectivity index (χ2v) is 8.27. The maximum atomic E-state index is 13.2. The highest BCUT2D eigenvalue weighted by molar-refractivity contribution is 6.62. The quantitative estimate of drug-likeness (QED) is 0.553. The van der Waals surface area contributed by atoms with E-state index in [9.17, 15) is 9.59 Å². The number of amides is 2. The number of carbonyl (C=O) groups excluding carboxylic acids is 2. The predicted octanol–water partition coefficient (Wildman–Crippen LogP) is 4.65. The minimum absolute atomic E-state index is 0.0988. The third-order valence-electron chi connectivity index (χ3n) is 6.04. The topological polar surface area (TPSA) is 40.6 Å². The standard InChI is InChI=1S/C19H22Cl2N2O2/c20-16-5-4-14(12-15(16)13-2-3-13)17(24)23-9-1-6-19(23)7-10-22(11-8-19)18(21)25/h4-5,12-13H,1-3,6-11H2. The van der Waals surface area contributed by atoms with E-state index in [1.165, 1.54) is 0 Å². The molecular weight excluding hydrogens is 359 g/mol. The van der Waals surface area contributed by atoms with Crippen LogP contribution in [0.15, 0.2) is 18.2 Å². The van der Waals surface area contributed by atoms with Crippen molar-refractivity contribution in [3.8, 4) is 0 Å². The first-order valence-electron chi connectivity index (χ1n) is 9.06. The zero-order valence-corrected chi connectivity index (χ0v) is 15.7. The molecular formula is C19H22Cl2N2O2. The molecule has 1 spiro atoms. The first kappa shape index (κ1) is 17.2. The summed E-state index contributed by atoms with van der Waals surface area (Å²) in [4.78, 5) is 28.3. The van der Waals surface area contributed by atoms with Crippen molar-refractivity contribution in [1.29, 1.82) is 0 Å². The molecule has 0 aromatic heterocycles. The summed E-state index contributed by atoms with van der Waals surface area (Å²) in [7, 11) is 0. The van der Waals surface area contributed by atoms with Crippen LogP contribution >= 0.6 is 23.2 Å². The maximum Gasteiger partial charge on any atom is 0.316 e. The van der Waals surface area contributed by atoms with Crippen molar-refractivity contribution in [3.05, 3.63) is 34.3 Å². The molecule has 0 bridgehead atoms. The highest BCUT2D eigenvalue weighted by Gasteiger charge is 2.46. The third kappa shape index (κ3) is 3.15. The molecule has 0 N–H and O–H groups in total. The molecule has 2 aliphatic heterocycles. The van der Waals surface area contributed by atoms with Crippen molar-refractivity contribution in [2.45, 2.75) is 50.0 Å². The van der Waals surface area contributed by atoms with E-state index in [2.05, 4.69) is 0 Å². The molecule has 6 heteroatoms. The summed E-state index contributed by atoms with van der Waals surface area (Å²) in [6.45, 7) is 2.04. The third-order valence-corrected chi connectivity index (χ3v) is 6.63. The molecule has 2 saturated heterocycles. The fraction of sp³-hybridized carbons (Fsp3) is 0.579. The van der Waals surface area contributed by atoms with Crippen LogP contribution in [0.2, 0.25) is 5.02 Å². The highest BCUT2D eigenvalue weighted by atomic mass is 35.5. The number of likely N-dealkylation sites (tertiary alicyclic amines) is 2. The van der Waals surface area contributed by atoms with Gasteiger partial charge in [-0.2, -0.15) is 0 Å². The molecule has 0 atom stereocenters. The van der Waals surface area contributed by atoms with Gasteiger partial charge in [0.05, 0.1) is 0 Å². The first-order valence-corrected chi connectivity index (χ1v) is 9.82. The first-order chi connectivity index (χ1) is 12.0. The Morgan fingerprint density at radius 1 is 1.08 bits per heavy atom. The van der Waals surface area contributed by atoms with Crippen LogP contribution in [0.3, 0.4) is 0 Å². The number of hydrogen-bond acceptors (Lipinski definition) is 2. The van der Waals surface area contributed by atoms with Gasteiger partial charge < -0.3 is 9.80 Å². The lowest BCUT2D eigenvalue weighted by molar-refractivity contribution is 0.0435. The van der Waals surface area contributed by atoms with Gasteiger partial charge in [0.1, 0.15) is 0 Å². The smallest absolute Gasteiger partial charge is 0.316 e. The van der Waals surface area contributed by atoms with Crippen molar-refractivity contribution in [2.75, 3.05) is 19.6 Å². The van der Waals surface area contributed by atoms with E-state index in [1.54, 1.807) is 4.90 Å². The lowest BCUT2D eigenvalue weighted by atomic mass is 9.84. The number of piperidine rings is 1. The van der Waals surface area contributed by atoms with Crippen molar-refractivity contribution in [1.82, 2.24) is 9.80 Å².